The van der Waals surface area contributed by atoms with Gasteiger partial charge < -0.3 is 0 Å². The summed E-state index contributed by atoms with van der Waals surface area (Å²) >= 11 is 0. The van der Waals surface area contributed by atoms with Crippen molar-refractivity contribution in [3.05, 3.63) is 66.6 Å². The number of benzene rings is 2. The summed E-state index contributed by atoms with van der Waals surface area (Å²) in [6.07, 6.45) is 1.80. The molecule has 0 spiro atoms. The predicted molar refractivity (Wildman–Crippen MR) is 66.0 cm³/mol. The van der Waals surface area contributed by atoms with E-state index in [1.807, 2.05) is 24.3 Å². The summed E-state index contributed by atoms with van der Waals surface area (Å²) in [6, 6.07) is 17.1. The van der Waals surface area contributed by atoms with Crippen molar-refractivity contribution in [2.75, 3.05) is 0 Å². The highest BCUT2D eigenvalue weighted by atomic mass is 19.1. The van der Waals surface area contributed by atoms with E-state index in [0.29, 0.717) is 0 Å². The number of rotatable bonds is 1. The van der Waals surface area contributed by atoms with Crippen LogP contribution < -0.4 is 0 Å². The monoisotopic (exact) mass is 222 g/mol. The first-order valence-corrected chi connectivity index (χ1v) is 5.35. The summed E-state index contributed by atoms with van der Waals surface area (Å²) in [7, 11) is 0. The first-order valence-electron chi connectivity index (χ1n) is 5.35. The summed E-state index contributed by atoms with van der Waals surface area (Å²) in [6.45, 7) is 0. The van der Waals surface area contributed by atoms with Crippen LogP contribution in [-0.2, 0) is 0 Å². The second-order valence-corrected chi connectivity index (χ2v) is 3.85. The third kappa shape index (κ3) is 1.89. The summed E-state index contributed by atoms with van der Waals surface area (Å²) < 4.78 is 12.8. The number of hydrogen-bond acceptors (Lipinski definition) is 1. The van der Waals surface area contributed by atoms with E-state index in [4.69, 9.17) is 0 Å². The van der Waals surface area contributed by atoms with Crippen molar-refractivity contribution in [1.29, 1.82) is 0 Å². The van der Waals surface area contributed by atoms with Gasteiger partial charge in [0.1, 0.15) is 5.82 Å². The fourth-order valence-corrected chi connectivity index (χ4v) is 1.81. The Morgan fingerprint density at radius 2 is 1.82 bits per heavy atom. The molecular weight excluding hydrogens is 213 g/mol. The molecule has 1 radical (unpaired) electrons. The summed E-state index contributed by atoms with van der Waals surface area (Å²) in [5.41, 5.74) is 2.89. The van der Waals surface area contributed by atoms with Crippen LogP contribution in [0.15, 0.2) is 54.7 Å². The predicted octanol–water partition coefficient (Wildman–Crippen LogP) is 3.84. The summed E-state index contributed by atoms with van der Waals surface area (Å²) in [4.78, 5) is 4.37. The minimum absolute atomic E-state index is 0.226. The average Bonchev–Trinajstić information content (AvgIpc) is 2.39. The smallest absolute Gasteiger partial charge is 0.123 e. The minimum Gasteiger partial charge on any atom is -0.256 e. The number of aromatic nitrogens is 1. The summed E-state index contributed by atoms with van der Waals surface area (Å²) in [5.74, 6) is -0.226. The van der Waals surface area contributed by atoms with E-state index in [1.54, 1.807) is 18.3 Å². The zero-order valence-electron chi connectivity index (χ0n) is 9.02. The first-order chi connectivity index (χ1) is 8.33. The molecule has 81 valence electrons. The van der Waals surface area contributed by atoms with Gasteiger partial charge in [0.15, 0.2) is 0 Å². The highest BCUT2D eigenvalue weighted by Gasteiger charge is 2.00. The van der Waals surface area contributed by atoms with Gasteiger partial charge in [0.2, 0.25) is 0 Å². The standard InChI is InChI=1S/C15H9FN/c16-14-7-5-11(6-8-14)13-9-12-3-1-2-4-15(12)17-10-13/h2-10H. The molecule has 0 unspecified atom stereocenters. The zero-order valence-corrected chi connectivity index (χ0v) is 9.02. The molecule has 1 heterocycles. The lowest BCUT2D eigenvalue weighted by Gasteiger charge is -2.03. The van der Waals surface area contributed by atoms with E-state index in [0.717, 1.165) is 22.0 Å². The van der Waals surface area contributed by atoms with E-state index in [9.17, 15) is 4.39 Å². The van der Waals surface area contributed by atoms with Crippen molar-refractivity contribution in [3.63, 3.8) is 0 Å². The van der Waals surface area contributed by atoms with Crippen LogP contribution in [0, 0.1) is 11.9 Å². The molecule has 17 heavy (non-hydrogen) atoms. The Bertz CT molecular complexity index is 659. The third-order valence-corrected chi connectivity index (χ3v) is 2.70. The first kappa shape index (κ1) is 9.97. The Labute approximate surface area is 98.6 Å². The van der Waals surface area contributed by atoms with Crippen LogP contribution >= 0.6 is 0 Å². The molecule has 0 N–H and O–H groups in total. The molecule has 0 aliphatic carbocycles. The molecule has 3 aromatic rings. The molecule has 1 nitrogen and oxygen atoms in total. The highest BCUT2D eigenvalue weighted by Crippen LogP contribution is 2.22. The molecule has 2 heteroatoms. The Morgan fingerprint density at radius 1 is 1.00 bits per heavy atom. The molecule has 0 atom stereocenters. The van der Waals surface area contributed by atoms with Crippen molar-refractivity contribution in [1.82, 2.24) is 4.98 Å². The highest BCUT2D eigenvalue weighted by molar-refractivity contribution is 5.83. The fraction of sp³-hybridized carbons (Fsp3) is 0. The average molecular weight is 222 g/mol. The maximum atomic E-state index is 12.8. The van der Waals surface area contributed by atoms with Crippen molar-refractivity contribution in [3.8, 4) is 11.1 Å². The molecule has 3 rings (SSSR count). The topological polar surface area (TPSA) is 12.9 Å². The van der Waals surface area contributed by atoms with Gasteiger partial charge in [0, 0.05) is 17.1 Å². The molecular formula is C15H9FN. The second-order valence-electron chi connectivity index (χ2n) is 3.85. The lowest BCUT2D eigenvalue weighted by molar-refractivity contribution is 0.628. The Kier molecular flexibility index (Phi) is 2.33. The van der Waals surface area contributed by atoms with Crippen LogP contribution in [0.25, 0.3) is 22.0 Å². The van der Waals surface area contributed by atoms with Crippen molar-refractivity contribution in [2.24, 2.45) is 0 Å². The molecule has 0 aliphatic heterocycles. The molecule has 0 bridgehead atoms. The van der Waals surface area contributed by atoms with E-state index in [2.05, 4.69) is 11.1 Å². The van der Waals surface area contributed by atoms with Crippen molar-refractivity contribution in [2.45, 2.75) is 0 Å². The molecule has 0 fully saturated rings. The molecule has 0 amide bonds. The fourth-order valence-electron chi connectivity index (χ4n) is 1.81. The molecule has 0 saturated heterocycles. The van der Waals surface area contributed by atoms with Crippen molar-refractivity contribution < 1.29 is 4.39 Å². The van der Waals surface area contributed by atoms with Gasteiger partial charge in [-0.05, 0) is 42.0 Å². The van der Waals surface area contributed by atoms with Gasteiger partial charge in [0.25, 0.3) is 0 Å². The van der Waals surface area contributed by atoms with Gasteiger partial charge >= 0.3 is 0 Å². The van der Waals surface area contributed by atoms with Crippen LogP contribution in [0.2, 0.25) is 0 Å². The van der Waals surface area contributed by atoms with E-state index >= 15 is 0 Å². The van der Waals surface area contributed by atoms with Gasteiger partial charge in [-0.1, -0.05) is 18.2 Å². The van der Waals surface area contributed by atoms with Gasteiger partial charge in [-0.25, -0.2) is 4.39 Å². The Balaban J connectivity index is 2.14. The van der Waals surface area contributed by atoms with E-state index in [1.165, 1.54) is 12.1 Å². The number of nitrogens with zero attached hydrogens (tertiary/aromatic N) is 1. The van der Waals surface area contributed by atoms with Crippen molar-refractivity contribution >= 4 is 10.9 Å². The zero-order chi connectivity index (χ0) is 11.7. The number of halogens is 1. The van der Waals surface area contributed by atoms with Crippen LogP contribution in [0.4, 0.5) is 4.39 Å². The SMILES string of the molecule is Fc1ccc(-c2cnc3cc[c]cc3c2)cc1. The number of hydrogen-bond donors (Lipinski definition) is 0. The number of fused-ring (bicyclic) bond motifs is 1. The van der Waals surface area contributed by atoms with Crippen LogP contribution in [0.5, 0.6) is 0 Å². The van der Waals surface area contributed by atoms with Crippen LogP contribution in [0.1, 0.15) is 0 Å². The number of pyridine rings is 1. The van der Waals surface area contributed by atoms with Crippen LogP contribution in [0.3, 0.4) is 0 Å². The normalized spacial score (nSPS) is 10.6. The third-order valence-electron chi connectivity index (χ3n) is 2.70. The Hall–Kier alpha value is -2.22. The van der Waals surface area contributed by atoms with E-state index in [-0.39, 0.29) is 5.82 Å². The molecule has 0 aliphatic rings. The van der Waals surface area contributed by atoms with Gasteiger partial charge in [-0.2, -0.15) is 0 Å². The van der Waals surface area contributed by atoms with Gasteiger partial charge in [-0.15, -0.1) is 0 Å². The maximum absolute atomic E-state index is 12.8. The molecule has 0 saturated carbocycles. The lowest BCUT2D eigenvalue weighted by atomic mass is 10.1. The maximum Gasteiger partial charge on any atom is 0.123 e. The lowest BCUT2D eigenvalue weighted by Crippen LogP contribution is -1.83. The Morgan fingerprint density at radius 3 is 2.65 bits per heavy atom. The van der Waals surface area contributed by atoms with E-state index < -0.39 is 0 Å². The largest absolute Gasteiger partial charge is 0.256 e. The minimum atomic E-state index is -0.226. The molecule has 1 aromatic heterocycles. The second kappa shape index (κ2) is 3.98. The molecule has 2 aromatic carbocycles. The summed E-state index contributed by atoms with van der Waals surface area (Å²) in [5, 5.41) is 1.04. The quantitative estimate of drug-likeness (QED) is 0.609. The van der Waals surface area contributed by atoms with Gasteiger partial charge in [0.05, 0.1) is 5.52 Å². The van der Waals surface area contributed by atoms with Gasteiger partial charge in [-0.3, -0.25) is 4.98 Å². The van der Waals surface area contributed by atoms with Crippen LogP contribution in [-0.4, -0.2) is 4.98 Å².